The number of benzene rings is 2. The van der Waals surface area contributed by atoms with Crippen LogP contribution in [-0.2, 0) is 10.2 Å². The molecule has 0 unspecified atom stereocenters. The van der Waals surface area contributed by atoms with Crippen LogP contribution in [0.2, 0.25) is 0 Å². The summed E-state index contributed by atoms with van der Waals surface area (Å²) in [7, 11) is 0. The molecule has 0 fully saturated rings. The van der Waals surface area contributed by atoms with Crippen LogP contribution in [0.1, 0.15) is 37.5 Å². The Hall–Kier alpha value is -3.57. The Morgan fingerprint density at radius 2 is 1.71 bits per heavy atom. The van der Waals surface area contributed by atoms with Crippen molar-refractivity contribution in [2.75, 3.05) is 6.61 Å². The van der Waals surface area contributed by atoms with Crippen LogP contribution in [0.5, 0.6) is 11.5 Å². The highest BCUT2D eigenvalue weighted by Crippen LogP contribution is 2.32. The van der Waals surface area contributed by atoms with Gasteiger partial charge in [0.2, 0.25) is 0 Å². The Kier molecular flexibility index (Phi) is 6.58. The molecule has 0 spiro atoms. The second-order valence-corrected chi connectivity index (χ2v) is 7.36. The summed E-state index contributed by atoms with van der Waals surface area (Å²) in [5.41, 5.74) is 2.72. The van der Waals surface area contributed by atoms with Gasteiger partial charge in [0.1, 0.15) is 29.2 Å². The van der Waals surface area contributed by atoms with Crippen molar-refractivity contribution in [3.05, 3.63) is 64.7 Å². The Morgan fingerprint density at radius 3 is 2.29 bits per heavy atom. The average Bonchev–Trinajstić information content (AvgIpc) is 2.65. The quantitative estimate of drug-likeness (QED) is 0.430. The van der Waals surface area contributed by atoms with Gasteiger partial charge in [-0.2, -0.15) is 10.5 Å². The summed E-state index contributed by atoms with van der Waals surface area (Å²) in [5.74, 6) is 0.510. The topological polar surface area (TPSA) is 83.1 Å². The van der Waals surface area contributed by atoms with Crippen LogP contribution in [0.15, 0.2) is 48.0 Å². The molecule has 28 heavy (non-hydrogen) atoms. The molecule has 0 aromatic heterocycles. The number of hydrogen-bond donors (Lipinski definition) is 0. The molecule has 0 saturated carbocycles. The maximum Gasteiger partial charge on any atom is 0.349 e. The monoisotopic (exact) mass is 374 g/mol. The van der Waals surface area contributed by atoms with Gasteiger partial charge in [0, 0.05) is 0 Å². The smallest absolute Gasteiger partial charge is 0.349 e. The summed E-state index contributed by atoms with van der Waals surface area (Å²) in [5, 5.41) is 17.5. The summed E-state index contributed by atoms with van der Waals surface area (Å²) in [6.45, 7) is 8.08. The van der Waals surface area contributed by atoms with E-state index in [2.05, 4.69) is 26.8 Å². The Morgan fingerprint density at radius 1 is 1.07 bits per heavy atom. The first-order valence-electron chi connectivity index (χ1n) is 8.79. The van der Waals surface area contributed by atoms with E-state index in [1.807, 2.05) is 19.1 Å². The zero-order valence-corrected chi connectivity index (χ0v) is 16.4. The summed E-state index contributed by atoms with van der Waals surface area (Å²) < 4.78 is 11.0. The second kappa shape index (κ2) is 8.88. The molecule has 142 valence electrons. The third kappa shape index (κ3) is 5.72. The molecule has 0 bridgehead atoms. The van der Waals surface area contributed by atoms with E-state index in [1.54, 1.807) is 36.4 Å². The van der Waals surface area contributed by atoms with E-state index in [0.29, 0.717) is 17.1 Å². The van der Waals surface area contributed by atoms with Crippen LogP contribution in [0.3, 0.4) is 0 Å². The predicted octanol–water partition coefficient (Wildman–Crippen LogP) is 4.71. The molecule has 0 heterocycles. The number of ether oxygens (including phenoxy) is 2. The van der Waals surface area contributed by atoms with Crippen LogP contribution in [0, 0.1) is 29.6 Å². The minimum Gasteiger partial charge on any atom is -0.482 e. The van der Waals surface area contributed by atoms with Gasteiger partial charge in [-0.25, -0.2) is 4.79 Å². The molecule has 0 N–H and O–H groups in total. The minimum atomic E-state index is -0.515. The number of carbonyl (C=O) groups excluding carboxylic acids is 1. The van der Waals surface area contributed by atoms with Gasteiger partial charge in [0.25, 0.3) is 0 Å². The largest absolute Gasteiger partial charge is 0.482 e. The van der Waals surface area contributed by atoms with Gasteiger partial charge in [0.05, 0.1) is 0 Å². The number of aryl methyl sites for hydroxylation is 1. The van der Waals surface area contributed by atoms with Crippen LogP contribution >= 0.6 is 0 Å². The molecule has 2 aromatic carbocycles. The predicted molar refractivity (Wildman–Crippen MR) is 107 cm³/mol. The standard InChI is InChI=1S/C23H22N2O3/c1-16-5-10-21(20(11-16)23(2,3)4)27-15-22(26)28-19-8-6-17(7-9-19)12-18(13-24)14-25/h5-12H,15H2,1-4H3. The van der Waals surface area contributed by atoms with Gasteiger partial charge in [-0.1, -0.05) is 50.6 Å². The summed E-state index contributed by atoms with van der Waals surface area (Å²) in [6.07, 6.45) is 1.46. The third-order valence-electron chi connectivity index (χ3n) is 3.95. The lowest BCUT2D eigenvalue weighted by Gasteiger charge is -2.23. The molecule has 0 aliphatic heterocycles. The van der Waals surface area contributed by atoms with Crippen molar-refractivity contribution in [3.63, 3.8) is 0 Å². The van der Waals surface area contributed by atoms with E-state index in [-0.39, 0.29) is 17.6 Å². The van der Waals surface area contributed by atoms with Crippen molar-refractivity contribution < 1.29 is 14.3 Å². The van der Waals surface area contributed by atoms with E-state index >= 15 is 0 Å². The first-order chi connectivity index (χ1) is 13.2. The summed E-state index contributed by atoms with van der Waals surface area (Å²) in [4.78, 5) is 12.1. The van der Waals surface area contributed by atoms with Crippen molar-refractivity contribution in [3.8, 4) is 23.6 Å². The molecule has 2 aromatic rings. The van der Waals surface area contributed by atoms with Gasteiger partial charge in [-0.15, -0.1) is 0 Å². The van der Waals surface area contributed by atoms with Crippen molar-refractivity contribution in [2.24, 2.45) is 0 Å². The minimum absolute atomic E-state index is 0.00546. The van der Waals surface area contributed by atoms with Gasteiger partial charge >= 0.3 is 5.97 Å². The van der Waals surface area contributed by atoms with Crippen LogP contribution in [0.4, 0.5) is 0 Å². The molecule has 0 aliphatic carbocycles. The number of hydrogen-bond acceptors (Lipinski definition) is 5. The molecule has 0 aliphatic rings. The highest BCUT2D eigenvalue weighted by atomic mass is 16.6. The molecule has 0 radical (unpaired) electrons. The van der Waals surface area contributed by atoms with Gasteiger partial charge in [-0.3, -0.25) is 0 Å². The normalized spacial score (nSPS) is 10.4. The number of carbonyl (C=O) groups is 1. The summed E-state index contributed by atoms with van der Waals surface area (Å²) >= 11 is 0. The average molecular weight is 374 g/mol. The Bertz CT molecular complexity index is 953. The Labute approximate surface area is 165 Å². The fourth-order valence-corrected chi connectivity index (χ4v) is 2.54. The van der Waals surface area contributed by atoms with Crippen molar-refractivity contribution in [1.82, 2.24) is 0 Å². The zero-order valence-electron chi connectivity index (χ0n) is 16.4. The molecule has 0 saturated heterocycles. The third-order valence-corrected chi connectivity index (χ3v) is 3.95. The van der Waals surface area contributed by atoms with E-state index in [4.69, 9.17) is 20.0 Å². The highest BCUT2D eigenvalue weighted by Gasteiger charge is 2.20. The molecular weight excluding hydrogens is 352 g/mol. The number of nitriles is 2. The fourth-order valence-electron chi connectivity index (χ4n) is 2.54. The lowest BCUT2D eigenvalue weighted by atomic mass is 9.85. The summed E-state index contributed by atoms with van der Waals surface area (Å²) in [6, 6.07) is 16.0. The van der Waals surface area contributed by atoms with Crippen molar-refractivity contribution >= 4 is 12.0 Å². The lowest BCUT2D eigenvalue weighted by molar-refractivity contribution is -0.136. The molecule has 5 heteroatoms. The van der Waals surface area contributed by atoms with Gasteiger partial charge < -0.3 is 9.47 Å². The van der Waals surface area contributed by atoms with Gasteiger partial charge in [-0.05, 0) is 47.7 Å². The first kappa shape index (κ1) is 20.7. The number of esters is 1. The fraction of sp³-hybridized carbons (Fsp3) is 0.261. The van der Waals surface area contributed by atoms with E-state index in [0.717, 1.165) is 11.1 Å². The number of rotatable bonds is 5. The van der Waals surface area contributed by atoms with E-state index < -0.39 is 5.97 Å². The number of nitrogens with zero attached hydrogens (tertiary/aromatic N) is 2. The molecule has 0 atom stereocenters. The lowest BCUT2D eigenvalue weighted by Crippen LogP contribution is -2.20. The Balaban J connectivity index is 2.02. The van der Waals surface area contributed by atoms with E-state index in [9.17, 15) is 4.79 Å². The van der Waals surface area contributed by atoms with Crippen molar-refractivity contribution in [2.45, 2.75) is 33.1 Å². The molecule has 5 nitrogen and oxygen atoms in total. The van der Waals surface area contributed by atoms with Gasteiger partial charge in [0.15, 0.2) is 6.61 Å². The van der Waals surface area contributed by atoms with Crippen molar-refractivity contribution in [1.29, 1.82) is 10.5 Å². The molecule has 2 rings (SSSR count). The molecular formula is C23H22N2O3. The molecule has 0 amide bonds. The zero-order chi connectivity index (χ0) is 20.7. The highest BCUT2D eigenvalue weighted by molar-refractivity contribution is 5.74. The first-order valence-corrected chi connectivity index (χ1v) is 8.79. The maximum atomic E-state index is 12.1. The second-order valence-electron chi connectivity index (χ2n) is 7.36. The van der Waals surface area contributed by atoms with Crippen LogP contribution < -0.4 is 9.47 Å². The SMILES string of the molecule is Cc1ccc(OCC(=O)Oc2ccc(C=C(C#N)C#N)cc2)c(C(C)(C)C)c1. The maximum absolute atomic E-state index is 12.1. The number of allylic oxidation sites excluding steroid dienone is 1. The van der Waals surface area contributed by atoms with Crippen LogP contribution in [0.25, 0.3) is 6.08 Å². The van der Waals surface area contributed by atoms with Crippen LogP contribution in [-0.4, -0.2) is 12.6 Å². The van der Waals surface area contributed by atoms with E-state index in [1.165, 1.54) is 6.08 Å².